The Kier molecular flexibility index (Phi) is 8.01. The van der Waals surface area contributed by atoms with Crippen LogP contribution in [0.15, 0.2) is 0 Å². The Morgan fingerprint density at radius 3 is 2.09 bits per heavy atom. The number of phosphoric ester groups is 1. The van der Waals surface area contributed by atoms with Crippen LogP contribution in [0.1, 0.15) is 106 Å². The number of rotatable bonds is 8. The third-order valence-electron chi connectivity index (χ3n) is 10.6. The van der Waals surface area contributed by atoms with Crippen molar-refractivity contribution in [3.63, 3.8) is 0 Å². The van der Waals surface area contributed by atoms with E-state index in [4.69, 9.17) is 13.6 Å². The molecule has 0 aromatic heterocycles. The number of aliphatic hydroxyl groups excluding tert-OH is 2. The van der Waals surface area contributed by atoms with Gasteiger partial charge in [0.05, 0.1) is 30.5 Å². The third-order valence-corrected chi connectivity index (χ3v) is 12.4. The van der Waals surface area contributed by atoms with Crippen LogP contribution in [0.4, 0.5) is 0 Å². The molecule has 0 amide bonds. The van der Waals surface area contributed by atoms with Crippen molar-refractivity contribution in [3.8, 4) is 0 Å². The lowest BCUT2D eigenvalue weighted by molar-refractivity contribution is -0.122. The first-order valence-corrected chi connectivity index (χ1v) is 15.3. The Morgan fingerprint density at radius 1 is 0.824 bits per heavy atom. The molecule has 4 aliphatic carbocycles. The van der Waals surface area contributed by atoms with Gasteiger partial charge < -0.3 is 10.2 Å². The molecule has 4 unspecified atom stereocenters. The van der Waals surface area contributed by atoms with E-state index in [0.717, 1.165) is 37.0 Å². The molecule has 7 heteroatoms. The van der Waals surface area contributed by atoms with Crippen molar-refractivity contribution < 1.29 is 28.3 Å². The van der Waals surface area contributed by atoms with E-state index < -0.39 is 32.2 Å². The molecule has 0 aromatic rings. The maximum absolute atomic E-state index is 13.7. The maximum atomic E-state index is 13.7. The molecule has 0 radical (unpaired) electrons. The number of fused-ring (bicyclic) bond motifs is 5. The van der Waals surface area contributed by atoms with E-state index >= 15 is 0 Å². The van der Waals surface area contributed by atoms with Gasteiger partial charge in [0.1, 0.15) is 0 Å². The van der Waals surface area contributed by atoms with Crippen molar-refractivity contribution in [2.24, 2.45) is 34.5 Å². The number of hydrogen-bond acceptors (Lipinski definition) is 6. The summed E-state index contributed by atoms with van der Waals surface area (Å²) in [6, 6.07) is 0. The minimum absolute atomic E-state index is 0.191. The molecule has 198 valence electrons. The summed E-state index contributed by atoms with van der Waals surface area (Å²) >= 11 is 0. The predicted octanol–water partition coefficient (Wildman–Crippen LogP) is 6.48. The highest BCUT2D eigenvalue weighted by Crippen LogP contribution is 2.67. The van der Waals surface area contributed by atoms with E-state index in [1.165, 1.54) is 44.9 Å². The summed E-state index contributed by atoms with van der Waals surface area (Å²) in [5.41, 5.74) is 0.908. The highest BCUT2D eigenvalue weighted by molar-refractivity contribution is 7.48. The summed E-state index contributed by atoms with van der Waals surface area (Å²) in [7, 11) is -3.95. The molecule has 0 aliphatic heterocycles. The topological polar surface area (TPSA) is 85.2 Å². The van der Waals surface area contributed by atoms with Gasteiger partial charge in [-0.25, -0.2) is 4.57 Å². The third kappa shape index (κ3) is 5.20. The molecule has 6 nitrogen and oxygen atoms in total. The number of phosphoric acid groups is 1. The first-order valence-electron chi connectivity index (χ1n) is 13.9. The Morgan fingerprint density at radius 2 is 1.47 bits per heavy atom. The summed E-state index contributed by atoms with van der Waals surface area (Å²) in [5, 5.41) is 19.8. The first-order chi connectivity index (χ1) is 15.9. The van der Waals surface area contributed by atoms with E-state index in [1.54, 1.807) is 27.7 Å². The van der Waals surface area contributed by atoms with Crippen molar-refractivity contribution in [2.45, 2.75) is 136 Å². The molecule has 4 fully saturated rings. The fourth-order valence-corrected chi connectivity index (χ4v) is 10.0. The van der Waals surface area contributed by atoms with Gasteiger partial charge in [0.25, 0.3) is 0 Å². The Hall–Kier alpha value is 0.0300. The maximum Gasteiger partial charge on any atom is 0.475 e. The SMILES string of the molecule is CC(O)C(C)OP(=O)(OC(C)C(C)O)O[C@H]1CC[C@@]2(C)[C@@H](CC[C@H]3[C@@H]4CCC[C@@]4(C)CC[C@@H]32)C1. The van der Waals surface area contributed by atoms with E-state index in [9.17, 15) is 14.8 Å². The molecule has 0 saturated heterocycles. The zero-order valence-electron chi connectivity index (χ0n) is 22.2. The standard InChI is InChI=1S/C27H49O6P/c1-17(28)19(3)31-34(30,32-20(4)18(2)29)33-22-11-15-27(6)21(16-22)9-10-23-24-8-7-13-26(24,5)14-12-25(23)27/h17-25,28-29H,7-16H2,1-6H3/t17?,18?,19?,20?,21-,22-,23-,24-,25-,26-,27-,34?/m0/s1. The van der Waals surface area contributed by atoms with Gasteiger partial charge in [-0.1, -0.05) is 20.3 Å². The molecule has 0 aromatic carbocycles. The molecule has 0 bridgehead atoms. The second-order valence-electron chi connectivity index (χ2n) is 12.8. The largest absolute Gasteiger partial charge is 0.475 e. The Balaban J connectivity index is 1.45. The smallest absolute Gasteiger partial charge is 0.391 e. The highest BCUT2D eigenvalue weighted by atomic mass is 31.2. The van der Waals surface area contributed by atoms with Crippen LogP contribution in [-0.4, -0.2) is 40.7 Å². The van der Waals surface area contributed by atoms with Gasteiger partial charge in [-0.15, -0.1) is 0 Å². The van der Waals surface area contributed by atoms with Crippen molar-refractivity contribution >= 4 is 7.82 Å². The van der Waals surface area contributed by atoms with Gasteiger partial charge in [-0.3, -0.25) is 13.6 Å². The minimum Gasteiger partial charge on any atom is -0.391 e. The second kappa shape index (κ2) is 10.1. The van der Waals surface area contributed by atoms with Crippen LogP contribution in [0.3, 0.4) is 0 Å². The molecule has 4 saturated carbocycles. The fraction of sp³-hybridized carbons (Fsp3) is 1.00. The van der Waals surface area contributed by atoms with Gasteiger partial charge in [0.15, 0.2) is 0 Å². The summed E-state index contributed by atoms with van der Waals surface area (Å²) < 4.78 is 31.1. The summed E-state index contributed by atoms with van der Waals surface area (Å²) in [5.74, 6) is 3.14. The molecule has 11 atom stereocenters. The van der Waals surface area contributed by atoms with Crippen LogP contribution in [0.25, 0.3) is 0 Å². The van der Waals surface area contributed by atoms with Gasteiger partial charge in [-0.2, -0.15) is 0 Å². The summed E-state index contributed by atoms with van der Waals surface area (Å²) in [6.07, 6.45) is 9.16. The van der Waals surface area contributed by atoms with Crippen LogP contribution in [0.5, 0.6) is 0 Å². The van der Waals surface area contributed by atoms with Crippen molar-refractivity contribution in [1.29, 1.82) is 0 Å². The average Bonchev–Trinajstić information content (AvgIpc) is 3.15. The van der Waals surface area contributed by atoms with E-state index in [-0.39, 0.29) is 6.10 Å². The lowest BCUT2D eigenvalue weighted by Gasteiger charge is -2.60. The quantitative estimate of drug-likeness (QED) is 0.371. The Bertz CT molecular complexity index is 737. The van der Waals surface area contributed by atoms with Crippen LogP contribution in [-0.2, 0) is 18.1 Å². The number of aliphatic hydroxyl groups is 2. The van der Waals surface area contributed by atoms with Crippen LogP contribution in [0.2, 0.25) is 0 Å². The number of hydrogen-bond donors (Lipinski definition) is 2. The zero-order chi connectivity index (χ0) is 24.9. The lowest BCUT2D eigenvalue weighted by atomic mass is 9.45. The highest BCUT2D eigenvalue weighted by Gasteiger charge is 2.58. The van der Waals surface area contributed by atoms with Gasteiger partial charge >= 0.3 is 7.82 Å². The van der Waals surface area contributed by atoms with Crippen LogP contribution < -0.4 is 0 Å². The van der Waals surface area contributed by atoms with Gasteiger partial charge in [-0.05, 0) is 120 Å². The molecule has 0 heterocycles. The molecule has 2 N–H and O–H groups in total. The van der Waals surface area contributed by atoms with Crippen LogP contribution >= 0.6 is 7.82 Å². The molecule has 34 heavy (non-hydrogen) atoms. The monoisotopic (exact) mass is 500 g/mol. The van der Waals surface area contributed by atoms with E-state index in [2.05, 4.69) is 13.8 Å². The van der Waals surface area contributed by atoms with E-state index in [0.29, 0.717) is 16.7 Å². The minimum atomic E-state index is -3.95. The molecular weight excluding hydrogens is 451 g/mol. The zero-order valence-corrected chi connectivity index (χ0v) is 23.1. The predicted molar refractivity (Wildman–Crippen MR) is 133 cm³/mol. The molecule has 4 rings (SSSR count). The second-order valence-corrected chi connectivity index (χ2v) is 14.3. The van der Waals surface area contributed by atoms with Gasteiger partial charge in [0, 0.05) is 0 Å². The molecular formula is C27H49O6P. The summed E-state index contributed by atoms with van der Waals surface area (Å²) in [6.45, 7) is 11.6. The van der Waals surface area contributed by atoms with Crippen molar-refractivity contribution in [2.75, 3.05) is 0 Å². The van der Waals surface area contributed by atoms with Gasteiger partial charge in [0.2, 0.25) is 0 Å². The van der Waals surface area contributed by atoms with Crippen molar-refractivity contribution in [3.05, 3.63) is 0 Å². The Labute approximate surface area is 207 Å². The molecule has 0 spiro atoms. The first kappa shape index (κ1) is 27.1. The van der Waals surface area contributed by atoms with Crippen LogP contribution in [0, 0.1) is 34.5 Å². The fourth-order valence-electron chi connectivity index (χ4n) is 8.15. The summed E-state index contributed by atoms with van der Waals surface area (Å²) in [4.78, 5) is 0. The lowest BCUT2D eigenvalue weighted by Crippen LogP contribution is -2.53. The molecule has 4 aliphatic rings. The normalized spacial score (nSPS) is 45.2. The van der Waals surface area contributed by atoms with E-state index in [1.807, 2.05) is 0 Å². The van der Waals surface area contributed by atoms with Crippen molar-refractivity contribution in [1.82, 2.24) is 0 Å². The average molecular weight is 501 g/mol.